The standard InChI is InChI=1S/C18H25FN2O2.ClH/c1-13-17(20-8-11-23-13)18(22)21-9-6-15(7-10-21)12-14-2-4-16(19)5-3-14;/h2-5,13,15,17,20H,6-12H2,1H3;1H/t13-,17+;/m1./s1. The highest BCUT2D eigenvalue weighted by Crippen LogP contribution is 2.23. The van der Waals surface area contributed by atoms with Crippen molar-refractivity contribution in [2.45, 2.75) is 38.3 Å². The number of rotatable bonds is 3. The molecule has 0 unspecified atom stereocenters. The maximum Gasteiger partial charge on any atom is 0.242 e. The Morgan fingerprint density at radius 1 is 1.29 bits per heavy atom. The summed E-state index contributed by atoms with van der Waals surface area (Å²) in [7, 11) is 0. The summed E-state index contributed by atoms with van der Waals surface area (Å²) < 4.78 is 18.5. The highest BCUT2D eigenvalue weighted by atomic mass is 35.5. The minimum atomic E-state index is -0.211. The summed E-state index contributed by atoms with van der Waals surface area (Å²) in [6.45, 7) is 4.97. The number of benzene rings is 1. The first-order valence-corrected chi connectivity index (χ1v) is 8.51. The van der Waals surface area contributed by atoms with Crippen LogP contribution in [0.15, 0.2) is 24.3 Å². The third kappa shape index (κ3) is 4.68. The number of carbonyl (C=O) groups is 1. The molecule has 2 atom stereocenters. The molecule has 24 heavy (non-hydrogen) atoms. The highest BCUT2D eigenvalue weighted by Gasteiger charge is 2.33. The molecule has 134 valence electrons. The van der Waals surface area contributed by atoms with Gasteiger partial charge in [0.15, 0.2) is 0 Å². The maximum absolute atomic E-state index is 13.0. The van der Waals surface area contributed by atoms with Crippen LogP contribution in [0.25, 0.3) is 0 Å². The van der Waals surface area contributed by atoms with Gasteiger partial charge in [0.05, 0.1) is 12.7 Å². The lowest BCUT2D eigenvalue weighted by Gasteiger charge is -2.37. The average Bonchev–Trinajstić information content (AvgIpc) is 2.57. The van der Waals surface area contributed by atoms with Gasteiger partial charge in [0.1, 0.15) is 11.9 Å². The van der Waals surface area contributed by atoms with E-state index in [9.17, 15) is 9.18 Å². The van der Waals surface area contributed by atoms with Gasteiger partial charge in [-0.1, -0.05) is 12.1 Å². The van der Waals surface area contributed by atoms with Crippen molar-refractivity contribution in [3.05, 3.63) is 35.6 Å². The molecular weight excluding hydrogens is 331 g/mol. The summed E-state index contributed by atoms with van der Waals surface area (Å²) in [6, 6.07) is 6.54. The molecule has 1 aromatic carbocycles. The number of ether oxygens (including phenoxy) is 1. The first kappa shape index (κ1) is 19.2. The molecule has 0 aromatic heterocycles. The van der Waals surface area contributed by atoms with Gasteiger partial charge < -0.3 is 15.0 Å². The van der Waals surface area contributed by atoms with Crippen LogP contribution in [0.1, 0.15) is 25.3 Å². The maximum atomic E-state index is 13.0. The number of morpholine rings is 1. The molecule has 2 aliphatic rings. The molecule has 4 nitrogen and oxygen atoms in total. The van der Waals surface area contributed by atoms with Crippen molar-refractivity contribution in [1.82, 2.24) is 10.2 Å². The minimum absolute atomic E-state index is 0. The molecule has 1 N–H and O–H groups in total. The van der Waals surface area contributed by atoms with Gasteiger partial charge in [-0.3, -0.25) is 4.79 Å². The molecular formula is C18H26ClFN2O2. The monoisotopic (exact) mass is 356 g/mol. The van der Waals surface area contributed by atoms with Crippen molar-refractivity contribution in [2.24, 2.45) is 5.92 Å². The molecule has 0 bridgehead atoms. The Morgan fingerprint density at radius 2 is 1.96 bits per heavy atom. The van der Waals surface area contributed by atoms with E-state index in [2.05, 4.69) is 5.32 Å². The Bertz CT molecular complexity index is 532. The van der Waals surface area contributed by atoms with Gasteiger partial charge in [0.2, 0.25) is 5.91 Å². The molecule has 1 aromatic rings. The summed E-state index contributed by atoms with van der Waals surface area (Å²) >= 11 is 0. The summed E-state index contributed by atoms with van der Waals surface area (Å²) in [5.41, 5.74) is 1.17. The molecule has 2 fully saturated rings. The van der Waals surface area contributed by atoms with E-state index in [1.807, 2.05) is 24.0 Å². The first-order chi connectivity index (χ1) is 11.1. The second kappa shape index (κ2) is 8.79. The summed E-state index contributed by atoms with van der Waals surface area (Å²) in [5, 5.41) is 3.27. The lowest BCUT2D eigenvalue weighted by atomic mass is 9.90. The Kier molecular flexibility index (Phi) is 7.02. The Labute approximate surface area is 149 Å². The van der Waals surface area contributed by atoms with Gasteiger partial charge in [0, 0.05) is 19.6 Å². The number of amides is 1. The number of nitrogens with zero attached hydrogens (tertiary/aromatic N) is 1. The SMILES string of the molecule is C[C@H]1OCCN[C@@H]1C(=O)N1CCC(Cc2ccc(F)cc2)CC1.Cl. The average molecular weight is 357 g/mol. The fraction of sp³-hybridized carbons (Fsp3) is 0.611. The third-order valence-corrected chi connectivity index (χ3v) is 4.95. The quantitative estimate of drug-likeness (QED) is 0.904. The molecule has 0 saturated carbocycles. The van der Waals surface area contributed by atoms with E-state index < -0.39 is 0 Å². The fourth-order valence-electron chi connectivity index (χ4n) is 3.52. The molecule has 6 heteroatoms. The van der Waals surface area contributed by atoms with Crippen LogP contribution in [0.5, 0.6) is 0 Å². The van der Waals surface area contributed by atoms with Gasteiger partial charge in [-0.05, 0) is 49.8 Å². The van der Waals surface area contributed by atoms with Crippen molar-refractivity contribution in [1.29, 1.82) is 0 Å². The van der Waals surface area contributed by atoms with Crippen LogP contribution in [0, 0.1) is 11.7 Å². The zero-order valence-corrected chi connectivity index (χ0v) is 14.9. The van der Waals surface area contributed by atoms with Crippen LogP contribution in [-0.4, -0.2) is 49.2 Å². The van der Waals surface area contributed by atoms with E-state index in [4.69, 9.17) is 4.74 Å². The Hall–Kier alpha value is -1.17. The zero-order chi connectivity index (χ0) is 16.2. The van der Waals surface area contributed by atoms with Gasteiger partial charge in [0.25, 0.3) is 0 Å². The first-order valence-electron chi connectivity index (χ1n) is 8.51. The number of halogens is 2. The van der Waals surface area contributed by atoms with Crippen LogP contribution < -0.4 is 5.32 Å². The van der Waals surface area contributed by atoms with Crippen molar-refractivity contribution in [3.63, 3.8) is 0 Å². The van der Waals surface area contributed by atoms with Gasteiger partial charge in [-0.25, -0.2) is 4.39 Å². The van der Waals surface area contributed by atoms with Crippen LogP contribution >= 0.6 is 12.4 Å². The molecule has 0 spiro atoms. The van der Waals surface area contributed by atoms with Crippen molar-refractivity contribution in [2.75, 3.05) is 26.2 Å². The Balaban J connectivity index is 0.00000208. The molecule has 1 amide bonds. The Morgan fingerprint density at radius 3 is 2.58 bits per heavy atom. The van der Waals surface area contributed by atoms with Crippen LogP contribution in [0.4, 0.5) is 4.39 Å². The summed E-state index contributed by atoms with van der Waals surface area (Å²) in [4.78, 5) is 14.6. The van der Waals surface area contributed by atoms with E-state index >= 15 is 0 Å². The predicted molar refractivity (Wildman–Crippen MR) is 93.9 cm³/mol. The highest BCUT2D eigenvalue weighted by molar-refractivity contribution is 5.85. The van der Waals surface area contributed by atoms with Crippen LogP contribution in [0.3, 0.4) is 0 Å². The molecule has 2 heterocycles. The zero-order valence-electron chi connectivity index (χ0n) is 14.0. The van der Waals surface area contributed by atoms with E-state index in [1.54, 1.807) is 0 Å². The predicted octanol–water partition coefficient (Wildman–Crippen LogP) is 2.41. The minimum Gasteiger partial charge on any atom is -0.375 e. The number of hydrogen-bond acceptors (Lipinski definition) is 3. The van der Waals surface area contributed by atoms with E-state index in [0.717, 1.165) is 38.9 Å². The smallest absolute Gasteiger partial charge is 0.242 e. The van der Waals surface area contributed by atoms with Crippen molar-refractivity contribution in [3.8, 4) is 0 Å². The lowest BCUT2D eigenvalue weighted by molar-refractivity contribution is -0.140. The number of nitrogens with one attached hydrogen (secondary N) is 1. The van der Waals surface area contributed by atoms with E-state index in [0.29, 0.717) is 12.5 Å². The molecule has 2 aliphatic heterocycles. The number of likely N-dealkylation sites (tertiary alicyclic amines) is 1. The lowest BCUT2D eigenvalue weighted by Crippen LogP contribution is -2.57. The van der Waals surface area contributed by atoms with Crippen molar-refractivity contribution < 1.29 is 13.9 Å². The molecule has 3 rings (SSSR count). The molecule has 2 saturated heterocycles. The molecule has 0 aliphatic carbocycles. The third-order valence-electron chi connectivity index (χ3n) is 4.95. The van der Waals surface area contributed by atoms with Gasteiger partial charge in [-0.2, -0.15) is 0 Å². The second-order valence-electron chi connectivity index (χ2n) is 6.61. The topological polar surface area (TPSA) is 41.6 Å². The largest absolute Gasteiger partial charge is 0.375 e. The normalized spacial score (nSPS) is 25.2. The van der Waals surface area contributed by atoms with Gasteiger partial charge >= 0.3 is 0 Å². The van der Waals surface area contributed by atoms with Crippen LogP contribution in [-0.2, 0) is 16.0 Å². The number of hydrogen-bond donors (Lipinski definition) is 1. The fourth-order valence-corrected chi connectivity index (χ4v) is 3.52. The molecule has 0 radical (unpaired) electrons. The van der Waals surface area contributed by atoms with E-state index in [1.165, 1.54) is 17.7 Å². The van der Waals surface area contributed by atoms with Crippen molar-refractivity contribution >= 4 is 18.3 Å². The van der Waals surface area contributed by atoms with E-state index in [-0.39, 0.29) is 36.3 Å². The second-order valence-corrected chi connectivity index (χ2v) is 6.61. The summed E-state index contributed by atoms with van der Waals surface area (Å²) in [5.74, 6) is 0.542. The number of carbonyl (C=O) groups excluding carboxylic acids is 1. The number of piperidine rings is 1. The summed E-state index contributed by atoms with van der Waals surface area (Å²) in [6.07, 6.45) is 2.91. The van der Waals surface area contributed by atoms with Gasteiger partial charge in [-0.15, -0.1) is 12.4 Å². The van der Waals surface area contributed by atoms with Crippen LogP contribution in [0.2, 0.25) is 0 Å².